The molecular weight excluding hydrogens is 344 g/mol. The molecular formula is C20H20N4O3. The first-order valence-electron chi connectivity index (χ1n) is 8.33. The van der Waals surface area contributed by atoms with Gasteiger partial charge in [-0.2, -0.15) is 0 Å². The normalized spacial score (nSPS) is 10.1. The summed E-state index contributed by atoms with van der Waals surface area (Å²) in [6.45, 7) is 0.533. The van der Waals surface area contributed by atoms with Crippen LogP contribution in [-0.2, 0) is 6.54 Å². The van der Waals surface area contributed by atoms with E-state index < -0.39 is 0 Å². The first kappa shape index (κ1) is 18.2. The number of hydrogen-bond donors (Lipinski definition) is 2. The van der Waals surface area contributed by atoms with Crippen molar-refractivity contribution in [3.63, 3.8) is 0 Å². The predicted octanol–water partition coefficient (Wildman–Crippen LogP) is 3.36. The summed E-state index contributed by atoms with van der Waals surface area (Å²) in [7, 11) is 3.18. The Balaban J connectivity index is 1.63. The molecule has 3 aromatic rings. The van der Waals surface area contributed by atoms with Crippen LogP contribution in [0.5, 0.6) is 11.5 Å². The van der Waals surface area contributed by atoms with Gasteiger partial charge in [-0.25, -0.2) is 9.97 Å². The molecule has 0 aliphatic rings. The number of nitrogens with zero attached hydrogens (tertiary/aromatic N) is 2. The number of benzene rings is 2. The fraction of sp³-hybridized carbons (Fsp3) is 0.150. The molecule has 0 bridgehead atoms. The van der Waals surface area contributed by atoms with Crippen LogP contribution in [-0.4, -0.2) is 30.1 Å². The fourth-order valence-corrected chi connectivity index (χ4v) is 2.51. The molecule has 0 aliphatic heterocycles. The summed E-state index contributed by atoms with van der Waals surface area (Å²) in [6.07, 6.45) is 2.95. The number of anilines is 2. The van der Waals surface area contributed by atoms with Crippen LogP contribution in [0.1, 0.15) is 16.1 Å². The van der Waals surface area contributed by atoms with Gasteiger partial charge >= 0.3 is 0 Å². The monoisotopic (exact) mass is 364 g/mol. The highest BCUT2D eigenvalue weighted by atomic mass is 16.5. The third-order valence-corrected chi connectivity index (χ3v) is 3.89. The van der Waals surface area contributed by atoms with Crippen LogP contribution in [0.3, 0.4) is 0 Å². The maximum atomic E-state index is 12.4. The fourth-order valence-electron chi connectivity index (χ4n) is 2.51. The molecule has 0 spiro atoms. The molecule has 0 saturated carbocycles. The summed E-state index contributed by atoms with van der Waals surface area (Å²) in [5, 5.41) is 5.93. The Kier molecular flexibility index (Phi) is 5.84. The third kappa shape index (κ3) is 4.52. The third-order valence-electron chi connectivity index (χ3n) is 3.89. The number of rotatable bonds is 7. The van der Waals surface area contributed by atoms with Crippen molar-refractivity contribution >= 4 is 17.4 Å². The number of nitrogens with one attached hydrogen (secondary N) is 2. The average Bonchev–Trinajstić information content (AvgIpc) is 2.73. The van der Waals surface area contributed by atoms with Gasteiger partial charge in [0.25, 0.3) is 5.91 Å². The molecule has 7 nitrogen and oxygen atoms in total. The minimum atomic E-state index is -0.358. The van der Waals surface area contributed by atoms with Gasteiger partial charge in [-0.1, -0.05) is 30.3 Å². The Morgan fingerprint density at radius 2 is 1.63 bits per heavy atom. The molecule has 138 valence electrons. The van der Waals surface area contributed by atoms with E-state index >= 15 is 0 Å². The molecule has 0 saturated heterocycles. The minimum absolute atomic E-state index is 0.212. The van der Waals surface area contributed by atoms with E-state index in [-0.39, 0.29) is 11.6 Å². The maximum Gasteiger partial charge on any atom is 0.275 e. The second-order valence-electron chi connectivity index (χ2n) is 5.61. The number of carbonyl (C=O) groups excluding carboxylic acids is 1. The number of amides is 1. The van der Waals surface area contributed by atoms with Gasteiger partial charge in [-0.05, 0) is 18.2 Å². The molecule has 1 aromatic heterocycles. The lowest BCUT2D eigenvalue weighted by Gasteiger charge is -2.11. The van der Waals surface area contributed by atoms with Crippen LogP contribution in [0.2, 0.25) is 0 Å². The van der Waals surface area contributed by atoms with Gasteiger partial charge in [0, 0.05) is 12.1 Å². The van der Waals surface area contributed by atoms with Crippen molar-refractivity contribution in [1.29, 1.82) is 0 Å². The van der Waals surface area contributed by atoms with Crippen LogP contribution in [0.15, 0.2) is 60.9 Å². The summed E-state index contributed by atoms with van der Waals surface area (Å²) < 4.78 is 10.5. The van der Waals surface area contributed by atoms with Gasteiger partial charge in [-0.3, -0.25) is 4.79 Å². The van der Waals surface area contributed by atoms with E-state index in [9.17, 15) is 4.79 Å². The molecule has 1 amide bonds. The highest BCUT2D eigenvalue weighted by molar-refractivity contribution is 6.03. The molecule has 0 unspecified atom stereocenters. The van der Waals surface area contributed by atoms with Crippen molar-refractivity contribution in [2.45, 2.75) is 6.54 Å². The summed E-state index contributed by atoms with van der Waals surface area (Å²) in [5.41, 5.74) is 1.79. The van der Waals surface area contributed by atoms with Crippen molar-refractivity contribution in [3.05, 3.63) is 72.2 Å². The summed E-state index contributed by atoms with van der Waals surface area (Å²) in [5.74, 6) is 1.58. The van der Waals surface area contributed by atoms with E-state index in [2.05, 4.69) is 20.6 Å². The topological polar surface area (TPSA) is 85.4 Å². The highest BCUT2D eigenvalue weighted by Crippen LogP contribution is 2.23. The maximum absolute atomic E-state index is 12.4. The van der Waals surface area contributed by atoms with Gasteiger partial charge < -0.3 is 20.1 Å². The molecule has 1 heterocycles. The van der Waals surface area contributed by atoms with Crippen molar-refractivity contribution < 1.29 is 14.3 Å². The summed E-state index contributed by atoms with van der Waals surface area (Å²) in [6, 6.07) is 14.9. The van der Waals surface area contributed by atoms with E-state index in [1.54, 1.807) is 26.4 Å². The lowest BCUT2D eigenvalue weighted by Crippen LogP contribution is -2.15. The number of methoxy groups -OCH3 is 2. The van der Waals surface area contributed by atoms with E-state index in [1.165, 1.54) is 12.4 Å². The Morgan fingerprint density at radius 3 is 2.33 bits per heavy atom. The summed E-state index contributed by atoms with van der Waals surface area (Å²) >= 11 is 0. The van der Waals surface area contributed by atoms with Gasteiger partial charge in [-0.15, -0.1) is 0 Å². The van der Waals surface area contributed by atoms with E-state index in [0.29, 0.717) is 23.8 Å². The zero-order valence-corrected chi connectivity index (χ0v) is 15.1. The van der Waals surface area contributed by atoms with Crippen LogP contribution in [0.25, 0.3) is 0 Å². The zero-order chi connectivity index (χ0) is 19.1. The SMILES string of the molecule is COc1ccccc1CNc1cnc(C(=O)Nc2ccccc2OC)cn1. The van der Waals surface area contributed by atoms with Crippen LogP contribution in [0.4, 0.5) is 11.5 Å². The number of carbonyl (C=O) groups is 1. The van der Waals surface area contributed by atoms with E-state index in [4.69, 9.17) is 9.47 Å². The molecule has 2 N–H and O–H groups in total. The Labute approximate surface area is 157 Å². The molecule has 0 radical (unpaired) electrons. The lowest BCUT2D eigenvalue weighted by molar-refractivity contribution is 0.102. The molecule has 7 heteroatoms. The number of para-hydroxylation sites is 3. The summed E-state index contributed by atoms with van der Waals surface area (Å²) in [4.78, 5) is 20.8. The molecule has 0 aliphatic carbocycles. The largest absolute Gasteiger partial charge is 0.496 e. The molecule has 2 aromatic carbocycles. The van der Waals surface area contributed by atoms with Crippen molar-refractivity contribution in [3.8, 4) is 11.5 Å². The Morgan fingerprint density at radius 1 is 0.926 bits per heavy atom. The van der Waals surface area contributed by atoms with Crippen LogP contribution in [0, 0.1) is 0 Å². The van der Waals surface area contributed by atoms with Crippen LogP contribution < -0.4 is 20.1 Å². The average molecular weight is 364 g/mol. The number of hydrogen-bond acceptors (Lipinski definition) is 6. The van der Waals surface area contributed by atoms with Gasteiger partial charge in [0.15, 0.2) is 0 Å². The van der Waals surface area contributed by atoms with E-state index in [0.717, 1.165) is 11.3 Å². The van der Waals surface area contributed by atoms with Crippen LogP contribution >= 0.6 is 0 Å². The highest BCUT2D eigenvalue weighted by Gasteiger charge is 2.11. The predicted molar refractivity (Wildman–Crippen MR) is 103 cm³/mol. The zero-order valence-electron chi connectivity index (χ0n) is 15.1. The van der Waals surface area contributed by atoms with Gasteiger partial charge in [0.2, 0.25) is 0 Å². The van der Waals surface area contributed by atoms with E-state index in [1.807, 2.05) is 36.4 Å². The van der Waals surface area contributed by atoms with Crippen molar-refractivity contribution in [2.24, 2.45) is 0 Å². The number of ether oxygens (including phenoxy) is 2. The van der Waals surface area contributed by atoms with Gasteiger partial charge in [0.1, 0.15) is 23.0 Å². The molecule has 0 fully saturated rings. The lowest BCUT2D eigenvalue weighted by atomic mass is 10.2. The molecule has 0 atom stereocenters. The van der Waals surface area contributed by atoms with Crippen molar-refractivity contribution in [2.75, 3.05) is 24.9 Å². The minimum Gasteiger partial charge on any atom is -0.496 e. The first-order valence-corrected chi connectivity index (χ1v) is 8.33. The Hall–Kier alpha value is -3.61. The second kappa shape index (κ2) is 8.66. The number of aromatic nitrogens is 2. The second-order valence-corrected chi connectivity index (χ2v) is 5.61. The standard InChI is InChI=1S/C20H20N4O3/c1-26-17-9-5-3-7-14(17)11-22-19-13-21-16(12-23-19)20(25)24-15-8-4-6-10-18(15)27-2/h3-10,12-13H,11H2,1-2H3,(H,22,23)(H,24,25). The first-order chi connectivity index (χ1) is 13.2. The molecule has 27 heavy (non-hydrogen) atoms. The molecule has 3 rings (SSSR count). The quantitative estimate of drug-likeness (QED) is 0.669. The van der Waals surface area contributed by atoms with Gasteiger partial charge in [0.05, 0.1) is 32.3 Å². The Bertz CT molecular complexity index is 913. The smallest absolute Gasteiger partial charge is 0.275 e. The van der Waals surface area contributed by atoms with Crippen molar-refractivity contribution in [1.82, 2.24) is 9.97 Å².